The number of ether oxygens (including phenoxy) is 1. The Morgan fingerprint density at radius 2 is 2.17 bits per heavy atom. The first kappa shape index (κ1) is 16.4. The van der Waals surface area contributed by atoms with Gasteiger partial charge in [0.25, 0.3) is 5.56 Å². The number of carbonyl (C=O) groups is 1. The molecule has 1 N–H and O–H groups in total. The van der Waals surface area contributed by atoms with Crippen molar-refractivity contribution in [3.8, 4) is 6.07 Å². The number of fused-ring (bicyclic) bond motifs is 1. The first-order valence-electron chi connectivity index (χ1n) is 7.85. The fraction of sp³-hybridized carbons (Fsp3) is 0.412. The zero-order valence-electron chi connectivity index (χ0n) is 13.2. The molecule has 0 aliphatic heterocycles. The molecule has 1 heterocycles. The first-order valence-corrected chi connectivity index (χ1v) is 8.26. The Hall–Kier alpha value is -2.46. The summed E-state index contributed by atoms with van der Waals surface area (Å²) in [4.78, 5) is 27.5. The molecular formula is C17H17N3O3S. The molecule has 2 unspecified atom stereocenters. The van der Waals surface area contributed by atoms with Gasteiger partial charge in [0.05, 0.1) is 28.5 Å². The van der Waals surface area contributed by atoms with Gasteiger partial charge in [0, 0.05) is 7.05 Å². The summed E-state index contributed by atoms with van der Waals surface area (Å²) in [6.07, 6.45) is 3.05. The Balaban J connectivity index is 1.91. The maximum atomic E-state index is 12.4. The van der Waals surface area contributed by atoms with Crippen LogP contribution < -0.4 is 5.56 Å². The van der Waals surface area contributed by atoms with Crippen LogP contribution in [-0.4, -0.2) is 21.6 Å². The van der Waals surface area contributed by atoms with Gasteiger partial charge < -0.3 is 9.72 Å². The SMILES string of the molecule is Cn1c(=S)[nH]c2cc(C(=O)OC3CCCCC3C#N)ccc2c1=O. The van der Waals surface area contributed by atoms with E-state index in [1.54, 1.807) is 25.2 Å². The van der Waals surface area contributed by atoms with Crippen LogP contribution in [0.25, 0.3) is 10.9 Å². The smallest absolute Gasteiger partial charge is 0.338 e. The van der Waals surface area contributed by atoms with Crippen molar-refractivity contribution in [1.29, 1.82) is 5.26 Å². The molecular weight excluding hydrogens is 326 g/mol. The molecule has 1 aromatic heterocycles. The fourth-order valence-electron chi connectivity index (χ4n) is 3.02. The standard InChI is InChI=1S/C17H17N3O3S/c1-20-15(21)12-7-6-10(8-13(12)19-17(20)24)16(22)23-14-5-3-2-4-11(14)9-18/h6-8,11,14H,2-5H2,1H3,(H,19,24). The minimum Gasteiger partial charge on any atom is -0.457 e. The highest BCUT2D eigenvalue weighted by Gasteiger charge is 2.28. The number of H-pyrrole nitrogens is 1. The maximum Gasteiger partial charge on any atom is 0.338 e. The minimum atomic E-state index is -0.482. The summed E-state index contributed by atoms with van der Waals surface area (Å²) in [7, 11) is 1.59. The highest BCUT2D eigenvalue weighted by atomic mass is 32.1. The predicted molar refractivity (Wildman–Crippen MR) is 91.1 cm³/mol. The number of nitriles is 1. The molecule has 0 bridgehead atoms. The molecule has 7 heteroatoms. The Morgan fingerprint density at radius 3 is 2.92 bits per heavy atom. The summed E-state index contributed by atoms with van der Waals surface area (Å²) in [5.74, 6) is -0.731. The molecule has 24 heavy (non-hydrogen) atoms. The quantitative estimate of drug-likeness (QED) is 0.669. The van der Waals surface area contributed by atoms with E-state index < -0.39 is 5.97 Å². The summed E-state index contributed by atoms with van der Waals surface area (Å²) in [6, 6.07) is 6.94. The maximum absolute atomic E-state index is 12.4. The Labute approximate surface area is 143 Å². The zero-order valence-corrected chi connectivity index (χ0v) is 14.1. The van der Waals surface area contributed by atoms with Gasteiger partial charge in [0.15, 0.2) is 4.77 Å². The number of hydrogen-bond acceptors (Lipinski definition) is 5. The summed E-state index contributed by atoms with van der Waals surface area (Å²) < 4.78 is 7.16. The van der Waals surface area contributed by atoms with Gasteiger partial charge in [-0.1, -0.05) is 6.42 Å². The zero-order chi connectivity index (χ0) is 17.3. The monoisotopic (exact) mass is 343 g/mol. The van der Waals surface area contributed by atoms with E-state index in [9.17, 15) is 14.9 Å². The number of nitrogens with zero attached hydrogens (tertiary/aromatic N) is 2. The molecule has 2 atom stereocenters. The molecule has 124 valence electrons. The summed E-state index contributed by atoms with van der Waals surface area (Å²) >= 11 is 5.09. The molecule has 2 aromatic rings. The molecule has 6 nitrogen and oxygen atoms in total. The Kier molecular flexibility index (Phi) is 4.49. The topological polar surface area (TPSA) is 87.9 Å². The van der Waals surface area contributed by atoms with E-state index in [0.717, 1.165) is 19.3 Å². The third kappa shape index (κ3) is 2.97. The lowest BCUT2D eigenvalue weighted by atomic mass is 9.87. The van der Waals surface area contributed by atoms with Crippen LogP contribution in [-0.2, 0) is 11.8 Å². The van der Waals surface area contributed by atoms with Crippen molar-refractivity contribution in [2.24, 2.45) is 13.0 Å². The third-order valence-electron chi connectivity index (χ3n) is 4.46. The molecule has 1 fully saturated rings. The van der Waals surface area contributed by atoms with Crippen LogP contribution in [0, 0.1) is 22.0 Å². The second-order valence-electron chi connectivity index (χ2n) is 6.02. The first-order chi connectivity index (χ1) is 11.5. The number of esters is 1. The van der Waals surface area contributed by atoms with Crippen molar-refractivity contribution in [3.63, 3.8) is 0 Å². The van der Waals surface area contributed by atoms with Gasteiger partial charge in [0.2, 0.25) is 0 Å². The van der Waals surface area contributed by atoms with Gasteiger partial charge in [-0.05, 0) is 49.7 Å². The van der Waals surface area contributed by atoms with Crippen molar-refractivity contribution >= 4 is 29.1 Å². The van der Waals surface area contributed by atoms with Crippen molar-refractivity contribution in [2.45, 2.75) is 31.8 Å². The summed E-state index contributed by atoms with van der Waals surface area (Å²) in [5.41, 5.74) is 0.618. The molecule has 1 aromatic carbocycles. The number of benzene rings is 1. The summed E-state index contributed by atoms with van der Waals surface area (Å²) in [5, 5.41) is 9.63. The van der Waals surface area contributed by atoms with E-state index in [0.29, 0.717) is 22.9 Å². The molecule has 1 aliphatic rings. The van der Waals surface area contributed by atoms with Crippen LogP contribution in [0.15, 0.2) is 23.0 Å². The predicted octanol–water partition coefficient (Wildman–Crippen LogP) is 2.84. The molecule has 3 rings (SSSR count). The van der Waals surface area contributed by atoms with E-state index in [1.807, 2.05) is 0 Å². The van der Waals surface area contributed by atoms with Gasteiger partial charge >= 0.3 is 5.97 Å². The molecule has 0 radical (unpaired) electrons. The van der Waals surface area contributed by atoms with Crippen LogP contribution in [0.1, 0.15) is 36.0 Å². The van der Waals surface area contributed by atoms with Crippen molar-refractivity contribution in [3.05, 3.63) is 38.9 Å². The second kappa shape index (κ2) is 6.57. The van der Waals surface area contributed by atoms with Gasteiger partial charge in [-0.15, -0.1) is 0 Å². The third-order valence-corrected chi connectivity index (χ3v) is 4.84. The number of rotatable bonds is 2. The molecule has 0 saturated heterocycles. The van der Waals surface area contributed by atoms with Crippen LogP contribution in [0.5, 0.6) is 0 Å². The van der Waals surface area contributed by atoms with Gasteiger partial charge in [-0.2, -0.15) is 5.26 Å². The highest BCUT2D eigenvalue weighted by Crippen LogP contribution is 2.27. The van der Waals surface area contributed by atoms with E-state index in [2.05, 4.69) is 11.1 Å². The minimum absolute atomic E-state index is 0.217. The Morgan fingerprint density at radius 1 is 1.42 bits per heavy atom. The van der Waals surface area contributed by atoms with Crippen LogP contribution >= 0.6 is 12.2 Å². The largest absolute Gasteiger partial charge is 0.457 e. The average Bonchev–Trinajstić information content (AvgIpc) is 2.59. The molecule has 1 saturated carbocycles. The van der Waals surface area contributed by atoms with Gasteiger partial charge in [-0.3, -0.25) is 9.36 Å². The molecule has 1 aliphatic carbocycles. The van der Waals surface area contributed by atoms with Gasteiger partial charge in [-0.25, -0.2) is 4.79 Å². The number of hydrogen-bond donors (Lipinski definition) is 1. The Bertz CT molecular complexity index is 954. The van der Waals surface area contributed by atoms with Crippen LogP contribution in [0.2, 0.25) is 0 Å². The van der Waals surface area contributed by atoms with E-state index >= 15 is 0 Å². The molecule has 0 amide bonds. The number of nitrogens with one attached hydrogen (secondary N) is 1. The molecule has 0 spiro atoms. The van der Waals surface area contributed by atoms with Crippen LogP contribution in [0.4, 0.5) is 0 Å². The van der Waals surface area contributed by atoms with E-state index in [4.69, 9.17) is 17.0 Å². The van der Waals surface area contributed by atoms with E-state index in [1.165, 1.54) is 4.57 Å². The lowest BCUT2D eigenvalue weighted by molar-refractivity contribution is 0.0107. The lowest BCUT2D eigenvalue weighted by Crippen LogP contribution is -2.29. The number of carbonyl (C=O) groups excluding carboxylic acids is 1. The van der Waals surface area contributed by atoms with Crippen molar-refractivity contribution < 1.29 is 9.53 Å². The normalized spacial score (nSPS) is 20.5. The van der Waals surface area contributed by atoms with Crippen molar-refractivity contribution in [1.82, 2.24) is 9.55 Å². The average molecular weight is 343 g/mol. The fourth-order valence-corrected chi connectivity index (χ4v) is 3.22. The summed E-state index contributed by atoms with van der Waals surface area (Å²) in [6.45, 7) is 0. The second-order valence-corrected chi connectivity index (χ2v) is 6.41. The highest BCUT2D eigenvalue weighted by molar-refractivity contribution is 7.71. The number of aromatic nitrogens is 2. The number of aromatic amines is 1. The van der Waals surface area contributed by atoms with Crippen molar-refractivity contribution in [2.75, 3.05) is 0 Å². The van der Waals surface area contributed by atoms with E-state index in [-0.39, 0.29) is 22.4 Å². The van der Waals surface area contributed by atoms with Gasteiger partial charge in [0.1, 0.15) is 6.10 Å². The van der Waals surface area contributed by atoms with Crippen LogP contribution in [0.3, 0.4) is 0 Å². The lowest BCUT2D eigenvalue weighted by Gasteiger charge is -2.26.